The fourth-order valence-electron chi connectivity index (χ4n) is 3.33. The summed E-state index contributed by atoms with van der Waals surface area (Å²) in [6, 6.07) is 7.54. The smallest absolute Gasteiger partial charge is 0.333 e. The normalized spacial score (nSPS) is 12.1. The van der Waals surface area contributed by atoms with Crippen LogP contribution in [0.25, 0.3) is 0 Å². The number of anilines is 2. The maximum atomic E-state index is 12.6. The topological polar surface area (TPSA) is 189 Å². The van der Waals surface area contributed by atoms with Crippen LogP contribution in [0.15, 0.2) is 40.6 Å². The van der Waals surface area contributed by atoms with Crippen LogP contribution < -0.4 is 9.62 Å². The molecule has 208 valence electrons. The molecule has 1 heterocycles. The zero-order chi connectivity index (χ0) is 29.3. The van der Waals surface area contributed by atoms with Crippen LogP contribution in [-0.4, -0.2) is 73.7 Å². The molecule has 0 aliphatic heterocycles. The molecule has 1 aromatic carbocycles. The van der Waals surface area contributed by atoms with Crippen LogP contribution in [-0.2, 0) is 19.7 Å². The predicted octanol–water partition coefficient (Wildman–Crippen LogP) is 2.76. The van der Waals surface area contributed by atoms with Crippen LogP contribution in [0.4, 0.5) is 23.0 Å². The maximum Gasteiger partial charge on any atom is 0.333 e. The van der Waals surface area contributed by atoms with E-state index in [2.05, 4.69) is 26.5 Å². The first-order chi connectivity index (χ1) is 18.4. The number of aromatic nitrogens is 2. The lowest BCUT2D eigenvalue weighted by molar-refractivity contribution is -0.140. The molecule has 0 saturated heterocycles. The van der Waals surface area contributed by atoms with E-state index in [0.29, 0.717) is 13.1 Å². The van der Waals surface area contributed by atoms with E-state index in [0.717, 1.165) is 14.6 Å². The first-order valence-electron chi connectivity index (χ1n) is 11.8. The van der Waals surface area contributed by atoms with E-state index in [1.165, 1.54) is 21.0 Å². The number of ether oxygens (including phenoxy) is 1. The Morgan fingerprint density at radius 1 is 1.26 bits per heavy atom. The molecule has 1 unspecified atom stereocenters. The van der Waals surface area contributed by atoms with Gasteiger partial charge in [0.05, 0.1) is 18.3 Å². The third-order valence-corrected chi connectivity index (χ3v) is 6.95. The van der Waals surface area contributed by atoms with Gasteiger partial charge in [-0.15, -0.1) is 10.2 Å². The van der Waals surface area contributed by atoms with Crippen molar-refractivity contribution in [3.05, 3.63) is 41.7 Å². The molecular weight excluding hydrogens is 526 g/mol. The molecule has 39 heavy (non-hydrogen) atoms. The fraction of sp³-hybridized carbons (Fsp3) is 0.417. The van der Waals surface area contributed by atoms with Gasteiger partial charge in [-0.25, -0.2) is 4.79 Å². The van der Waals surface area contributed by atoms with Crippen molar-refractivity contribution in [3.63, 3.8) is 0 Å². The first-order valence-corrected chi connectivity index (χ1v) is 13.2. The summed E-state index contributed by atoms with van der Waals surface area (Å²) in [5.41, 5.74) is 0.637. The van der Waals surface area contributed by atoms with Gasteiger partial charge in [-0.3, -0.25) is 9.29 Å². The van der Waals surface area contributed by atoms with E-state index in [4.69, 9.17) is 4.74 Å². The monoisotopic (exact) mass is 557 g/mol. The number of nitriles is 2. The molecule has 0 fully saturated rings. The Morgan fingerprint density at radius 2 is 1.92 bits per heavy atom. The molecule has 1 atom stereocenters. The molecule has 1 aromatic heterocycles. The molecule has 2 aromatic rings. The van der Waals surface area contributed by atoms with E-state index in [-0.39, 0.29) is 40.9 Å². The Bertz CT molecular complexity index is 1430. The molecule has 0 amide bonds. The van der Waals surface area contributed by atoms with Gasteiger partial charge in [-0.05, 0) is 39.0 Å². The number of nitrogens with zero attached hydrogens (tertiary/aromatic N) is 8. The number of carbonyl (C=O) groups excluding carboxylic acids is 1. The molecule has 15 heteroatoms. The van der Waals surface area contributed by atoms with E-state index in [1.54, 1.807) is 24.3 Å². The van der Waals surface area contributed by atoms with Crippen molar-refractivity contribution in [2.45, 2.75) is 26.8 Å². The molecule has 0 aliphatic rings. The zero-order valence-electron chi connectivity index (χ0n) is 22.4. The Kier molecular flexibility index (Phi) is 10.7. The van der Waals surface area contributed by atoms with Crippen molar-refractivity contribution in [2.75, 3.05) is 50.0 Å². The summed E-state index contributed by atoms with van der Waals surface area (Å²) < 4.78 is 34.9. The lowest BCUT2D eigenvalue weighted by atomic mass is 10.2. The van der Waals surface area contributed by atoms with Crippen molar-refractivity contribution in [2.24, 2.45) is 10.2 Å². The van der Waals surface area contributed by atoms with E-state index in [1.807, 2.05) is 24.8 Å². The number of imidazole rings is 1. The van der Waals surface area contributed by atoms with Gasteiger partial charge in [0.25, 0.3) is 5.95 Å². The molecule has 0 aliphatic carbocycles. The number of hydrogen-bond acceptors (Lipinski definition) is 11. The predicted molar refractivity (Wildman–Crippen MR) is 144 cm³/mol. The summed E-state index contributed by atoms with van der Waals surface area (Å²) in [5.74, 6) is -0.940. The highest BCUT2D eigenvalue weighted by atomic mass is 32.2. The lowest BCUT2D eigenvalue weighted by Gasteiger charge is -2.23. The van der Waals surface area contributed by atoms with Gasteiger partial charge in [-0.1, -0.05) is 6.58 Å². The molecule has 2 N–H and O–H groups in total. The first kappa shape index (κ1) is 30.9. The maximum absolute atomic E-state index is 12.6. The number of aliphatic hydroxyl groups is 1. The van der Waals surface area contributed by atoms with Crippen LogP contribution >= 0.6 is 0 Å². The molecule has 2 rings (SSSR count). The van der Waals surface area contributed by atoms with Gasteiger partial charge in [0.2, 0.25) is 0 Å². The van der Waals surface area contributed by atoms with Crippen LogP contribution in [0.5, 0.6) is 0 Å². The Labute approximate surface area is 227 Å². The van der Waals surface area contributed by atoms with Crippen molar-refractivity contribution >= 4 is 39.2 Å². The minimum Gasteiger partial charge on any atom is -0.460 e. The highest BCUT2D eigenvalue weighted by molar-refractivity contribution is 7.90. The highest BCUT2D eigenvalue weighted by Gasteiger charge is 2.25. The zero-order valence-corrected chi connectivity index (χ0v) is 23.2. The summed E-state index contributed by atoms with van der Waals surface area (Å²) in [6.07, 6.45) is 0. The quantitative estimate of drug-likeness (QED) is 0.212. The minimum atomic E-state index is -3.90. The summed E-state index contributed by atoms with van der Waals surface area (Å²) in [4.78, 5) is 17.9. The minimum absolute atomic E-state index is 0.122. The number of rotatable bonds is 13. The molecule has 0 saturated carbocycles. The van der Waals surface area contributed by atoms with Gasteiger partial charge < -0.3 is 14.7 Å². The third kappa shape index (κ3) is 7.38. The van der Waals surface area contributed by atoms with Crippen LogP contribution in [0.2, 0.25) is 0 Å². The largest absolute Gasteiger partial charge is 0.460 e. The summed E-state index contributed by atoms with van der Waals surface area (Å²) in [6.45, 7) is 9.28. The molecule has 0 spiro atoms. The number of esters is 1. The fourth-order valence-corrected chi connectivity index (χ4v) is 3.96. The molecular formula is C24H31N9O5S. The van der Waals surface area contributed by atoms with E-state index >= 15 is 0 Å². The van der Waals surface area contributed by atoms with Crippen molar-refractivity contribution in [1.82, 2.24) is 13.9 Å². The number of nitrogens with one attached hydrogen (secondary N) is 1. The van der Waals surface area contributed by atoms with Crippen molar-refractivity contribution < 1.29 is 23.1 Å². The number of benzene rings is 1. The average molecular weight is 558 g/mol. The Balaban J connectivity index is 2.63. The summed E-state index contributed by atoms with van der Waals surface area (Å²) >= 11 is 0. The second-order valence-corrected chi connectivity index (χ2v) is 10.3. The second-order valence-electron chi connectivity index (χ2n) is 8.38. The lowest BCUT2D eigenvalue weighted by Crippen LogP contribution is -2.29. The van der Waals surface area contributed by atoms with Crippen LogP contribution in [0, 0.1) is 22.7 Å². The number of hydrogen-bond donors (Lipinski definition) is 2. The highest BCUT2D eigenvalue weighted by Crippen LogP contribution is 2.33. The van der Waals surface area contributed by atoms with Gasteiger partial charge in [0, 0.05) is 38.4 Å². The number of carbonyl (C=O) groups is 1. The molecule has 14 nitrogen and oxygen atoms in total. The standard InChI is InChI=1S/C24H31N9O5S/c1-7-32(8-2)17-9-10-19(20(11-17)30-39(36,37)31(5)6)28-29-24-27-21(12-25)22(13-26)33(24)18(14-34)15-38-23(35)16(3)4/h9-11,18,30,34H,3,7-8,14-15H2,1-2,4-6H3. The van der Waals surface area contributed by atoms with Gasteiger partial charge in [0.1, 0.15) is 24.4 Å². The SMILES string of the molecule is C=C(C)C(=O)OCC(CO)n1c(N=Nc2ccc(N(CC)CC)cc2NS(=O)(=O)N(C)C)nc(C#N)c1C#N. The number of aliphatic hydroxyl groups excluding tert-OH is 1. The van der Waals surface area contributed by atoms with Crippen molar-refractivity contribution in [1.29, 1.82) is 10.5 Å². The van der Waals surface area contributed by atoms with Gasteiger partial charge in [0.15, 0.2) is 11.4 Å². The second kappa shape index (κ2) is 13.5. The Hall–Kier alpha value is -4.31. The summed E-state index contributed by atoms with van der Waals surface area (Å²) in [5, 5.41) is 37.4. The van der Waals surface area contributed by atoms with Crippen LogP contribution in [0.1, 0.15) is 38.2 Å². The van der Waals surface area contributed by atoms with Crippen molar-refractivity contribution in [3.8, 4) is 12.1 Å². The third-order valence-electron chi connectivity index (χ3n) is 5.51. The van der Waals surface area contributed by atoms with Gasteiger partial charge in [-0.2, -0.15) is 28.2 Å². The summed E-state index contributed by atoms with van der Waals surface area (Å²) in [7, 11) is -1.16. The Morgan fingerprint density at radius 3 is 2.44 bits per heavy atom. The van der Waals surface area contributed by atoms with E-state index < -0.39 is 28.8 Å². The van der Waals surface area contributed by atoms with Crippen LogP contribution in [0.3, 0.4) is 0 Å². The van der Waals surface area contributed by atoms with Gasteiger partial charge >= 0.3 is 16.2 Å². The molecule has 0 bridgehead atoms. The number of azo groups is 1. The van der Waals surface area contributed by atoms with E-state index in [9.17, 15) is 28.8 Å². The average Bonchev–Trinajstić information content (AvgIpc) is 3.26. The molecule has 0 radical (unpaired) electrons.